The van der Waals surface area contributed by atoms with Gasteiger partial charge < -0.3 is 15.7 Å². The molecule has 238 valence electrons. The van der Waals surface area contributed by atoms with Gasteiger partial charge in [-0.3, -0.25) is 4.99 Å². The fraction of sp³-hybridized carbons (Fsp3) is 0.167. The number of thiazole rings is 1. The molecule has 0 atom stereocenters. The molecular weight excluding hydrogens is 613 g/mol. The summed E-state index contributed by atoms with van der Waals surface area (Å²) < 4.78 is 1.95. The van der Waals surface area contributed by atoms with Gasteiger partial charge in [-0.05, 0) is 92.1 Å². The van der Waals surface area contributed by atoms with Crippen molar-refractivity contribution < 1.29 is 10.4 Å². The normalized spacial score (nSPS) is 10.9. The molecule has 6 aromatic rings. The summed E-state index contributed by atoms with van der Waals surface area (Å²) in [5.74, 6) is 0.569. The number of hydrogen-bond donors (Lipinski definition) is 4. The van der Waals surface area contributed by atoms with Gasteiger partial charge in [-0.2, -0.15) is 4.73 Å². The Labute approximate surface area is 279 Å². The largest absolute Gasteiger partial charge is 0.427 e. The molecule has 0 spiro atoms. The Bertz CT molecular complexity index is 2050. The topological polar surface area (TPSA) is 108 Å². The Morgan fingerprint density at radius 2 is 1.54 bits per heavy atom. The zero-order valence-electron chi connectivity index (χ0n) is 26.9. The molecule has 6 rings (SSSR count). The monoisotopic (exact) mass is 652 g/mol. The van der Waals surface area contributed by atoms with E-state index in [-0.39, 0.29) is 0 Å². The molecule has 4 N–H and O–H groups in total. The summed E-state index contributed by atoms with van der Waals surface area (Å²) in [6.07, 6.45) is 3.62. The van der Waals surface area contributed by atoms with E-state index in [9.17, 15) is 5.21 Å². The summed E-state index contributed by atoms with van der Waals surface area (Å²) in [5, 5.41) is 25.9. The van der Waals surface area contributed by atoms with Crippen molar-refractivity contribution in [3.63, 3.8) is 0 Å². The summed E-state index contributed by atoms with van der Waals surface area (Å²) in [5.41, 5.74) is 8.25. The van der Waals surface area contributed by atoms with Gasteiger partial charge >= 0.3 is 0 Å². The van der Waals surface area contributed by atoms with Gasteiger partial charge in [0.05, 0.1) is 27.2 Å². The average Bonchev–Trinajstić information content (AvgIpc) is 3.54. The maximum Gasteiger partial charge on any atom is 0.142 e. The maximum atomic E-state index is 9.69. The minimum absolute atomic E-state index is 0.569. The molecule has 0 aliphatic rings. The molecule has 0 fully saturated rings. The number of imidazole rings is 1. The number of benzene rings is 4. The van der Waals surface area contributed by atoms with E-state index in [0.717, 1.165) is 36.7 Å². The summed E-state index contributed by atoms with van der Waals surface area (Å²) in [7, 11) is 1.43. The van der Waals surface area contributed by atoms with Crippen molar-refractivity contribution in [1.29, 1.82) is 0 Å². The lowest BCUT2D eigenvalue weighted by atomic mass is 10.1. The second kappa shape index (κ2) is 17.7. The van der Waals surface area contributed by atoms with Gasteiger partial charge in [0.15, 0.2) is 0 Å². The van der Waals surface area contributed by atoms with Gasteiger partial charge in [0, 0.05) is 23.5 Å². The molecule has 4 aromatic carbocycles. The van der Waals surface area contributed by atoms with Gasteiger partial charge in [-0.15, -0.1) is 11.3 Å². The molecule has 8 nitrogen and oxygen atoms in total. The molecule has 0 unspecified atom stereocenters. The molecule has 0 aliphatic carbocycles. The first kappa shape index (κ1) is 35.7. The van der Waals surface area contributed by atoms with E-state index in [1.54, 1.807) is 24.0 Å². The molecule has 2 heterocycles. The molecule has 10 heteroatoms. The predicted octanol–water partition coefficient (Wildman–Crippen LogP) is 7.50. The van der Waals surface area contributed by atoms with Crippen molar-refractivity contribution in [3.05, 3.63) is 117 Å². The van der Waals surface area contributed by atoms with Crippen LogP contribution < -0.4 is 20.7 Å². The van der Waals surface area contributed by atoms with Crippen LogP contribution in [0, 0.1) is 20.8 Å². The number of hydroxylamine groups is 1. The Morgan fingerprint density at radius 1 is 0.957 bits per heavy atom. The minimum Gasteiger partial charge on any atom is -0.427 e. The van der Waals surface area contributed by atoms with E-state index in [1.807, 2.05) is 45.2 Å². The molecule has 46 heavy (non-hydrogen) atoms. The van der Waals surface area contributed by atoms with Crippen LogP contribution >= 0.6 is 23.6 Å². The highest BCUT2D eigenvalue weighted by Crippen LogP contribution is 2.25. The number of fused-ring (bicyclic) bond motifs is 2. The highest BCUT2D eigenvalue weighted by atomic mass is 32.1. The Kier molecular flexibility index (Phi) is 13.7. The molecule has 2 aromatic heterocycles. The smallest absolute Gasteiger partial charge is 0.142 e. The predicted molar refractivity (Wildman–Crippen MR) is 199 cm³/mol. The zero-order chi connectivity index (χ0) is 33.6. The second-order valence-corrected chi connectivity index (χ2v) is 11.6. The average molecular weight is 653 g/mol. The summed E-state index contributed by atoms with van der Waals surface area (Å²) >= 11 is 6.47. The first-order chi connectivity index (χ1) is 22.1. The number of rotatable bonds is 3. The van der Waals surface area contributed by atoms with Crippen molar-refractivity contribution >= 4 is 80.3 Å². The van der Waals surface area contributed by atoms with E-state index in [2.05, 4.69) is 94.4 Å². The molecule has 0 aliphatic heterocycles. The van der Waals surface area contributed by atoms with Gasteiger partial charge in [0.2, 0.25) is 0 Å². The van der Waals surface area contributed by atoms with Crippen LogP contribution in [0.2, 0.25) is 0 Å². The molecule has 0 radical (unpaired) electrons. The summed E-state index contributed by atoms with van der Waals surface area (Å²) in [6, 6.07) is 27.2. The number of aliphatic imine (C=N–C) groups is 1. The fourth-order valence-corrected chi connectivity index (χ4v) is 5.10. The van der Waals surface area contributed by atoms with E-state index in [1.165, 1.54) is 45.5 Å². The standard InChI is InChI=1S/C13H13N.C12H11NS.C10H11N3OS.CH5NO/c1-3-14-13-9-12-7-5-4-6-11(12)8-10(13)2;1-9(14)13-12-7-6-10-4-2-3-5-11(10)8-12;1-6-10(13(14)8(3)12-6)4-9-7(2)15-5-11-9;1-2-3/h3-9H,1-2H3;2-8H,1H3,(H,13,14);4-5,14H,2H2,1,3H3;2-3H,1H3/b;;9-4+;. The highest BCUT2D eigenvalue weighted by molar-refractivity contribution is 7.80. The Hall–Kier alpha value is -4.74. The van der Waals surface area contributed by atoms with E-state index < -0.39 is 0 Å². The number of aryl methyl sites for hydroxylation is 3. The van der Waals surface area contributed by atoms with Crippen LogP contribution in [0.1, 0.15) is 36.6 Å². The van der Waals surface area contributed by atoms with E-state index in [4.69, 9.17) is 17.4 Å². The summed E-state index contributed by atoms with van der Waals surface area (Å²) in [4.78, 5) is 13.4. The first-order valence-electron chi connectivity index (χ1n) is 14.5. The van der Waals surface area contributed by atoms with Crippen molar-refractivity contribution in [2.24, 2.45) is 4.99 Å². The van der Waals surface area contributed by atoms with Gasteiger partial charge in [0.1, 0.15) is 11.5 Å². The third kappa shape index (κ3) is 10.1. The Balaban J connectivity index is 0.000000180. The van der Waals surface area contributed by atoms with Gasteiger partial charge in [-0.1, -0.05) is 73.4 Å². The lowest BCUT2D eigenvalue weighted by Gasteiger charge is -2.04. The van der Waals surface area contributed by atoms with E-state index in [0.29, 0.717) is 11.5 Å². The van der Waals surface area contributed by atoms with Crippen LogP contribution in [-0.2, 0) is 0 Å². The van der Waals surface area contributed by atoms with Crippen molar-refractivity contribution in [2.45, 2.75) is 34.6 Å². The molecule has 0 saturated heterocycles. The SMILES string of the molecule is C=c1scn/c1=C/c1c(C)nc(C)n1O.CC(=S)Nc1ccc2ccccc2c1.CC=Nc1cc2ccccc2cc1C.CNO. The number of nitrogens with one attached hydrogen (secondary N) is 2. The fourth-order valence-electron chi connectivity index (χ4n) is 4.46. The van der Waals surface area contributed by atoms with Crippen LogP contribution in [0.4, 0.5) is 11.4 Å². The third-order valence-corrected chi connectivity index (χ3v) is 7.39. The molecule has 0 amide bonds. The zero-order valence-corrected chi connectivity index (χ0v) is 28.6. The van der Waals surface area contributed by atoms with E-state index >= 15 is 0 Å². The third-order valence-electron chi connectivity index (χ3n) is 6.58. The van der Waals surface area contributed by atoms with Crippen LogP contribution in [-0.4, -0.2) is 43.4 Å². The van der Waals surface area contributed by atoms with Crippen molar-refractivity contribution in [3.8, 4) is 0 Å². The van der Waals surface area contributed by atoms with Crippen LogP contribution in [0.3, 0.4) is 0 Å². The number of anilines is 1. The summed E-state index contributed by atoms with van der Waals surface area (Å²) in [6.45, 7) is 13.4. The first-order valence-corrected chi connectivity index (χ1v) is 15.8. The molecule has 0 saturated carbocycles. The number of thiocarbonyl (C=S) groups is 1. The second-order valence-electron chi connectivity index (χ2n) is 10.1. The van der Waals surface area contributed by atoms with Crippen molar-refractivity contribution in [2.75, 3.05) is 12.4 Å². The highest BCUT2D eigenvalue weighted by Gasteiger charge is 2.07. The molecular formula is C36H40N6O2S2. The lowest BCUT2D eigenvalue weighted by Crippen LogP contribution is -2.19. The van der Waals surface area contributed by atoms with Crippen LogP contribution in [0.25, 0.3) is 34.2 Å². The van der Waals surface area contributed by atoms with Gasteiger partial charge in [0.25, 0.3) is 0 Å². The van der Waals surface area contributed by atoms with Crippen molar-refractivity contribution in [1.82, 2.24) is 20.2 Å². The molecule has 0 bridgehead atoms. The minimum atomic E-state index is 0.569. The Morgan fingerprint density at radius 3 is 2.07 bits per heavy atom. The van der Waals surface area contributed by atoms with Crippen LogP contribution in [0.15, 0.2) is 89.4 Å². The number of hydrogen-bond acceptors (Lipinski definition) is 8. The quantitative estimate of drug-likeness (QED) is 0.0679. The number of aromatic nitrogens is 3. The lowest BCUT2D eigenvalue weighted by molar-refractivity contribution is 0.177. The maximum absolute atomic E-state index is 9.69. The van der Waals surface area contributed by atoms with Crippen LogP contribution in [0.5, 0.6) is 0 Å². The van der Waals surface area contributed by atoms with Gasteiger partial charge in [-0.25, -0.2) is 15.4 Å². The number of nitrogens with zero attached hydrogens (tertiary/aromatic N) is 4.